The molecule has 0 bridgehead atoms. The van der Waals surface area contributed by atoms with Gasteiger partial charge in [0, 0.05) is 71.2 Å². The minimum absolute atomic E-state index is 0.00478. The summed E-state index contributed by atoms with van der Waals surface area (Å²) in [6.45, 7) is 1.90. The van der Waals surface area contributed by atoms with Crippen molar-refractivity contribution in [3.05, 3.63) is 183 Å². The monoisotopic (exact) mass is 1610 g/mol. The largest absolute Gasteiger partial charge is 0.508 e. The molecule has 7 aromatic rings. The molecule has 0 saturated carbocycles. The van der Waals surface area contributed by atoms with Crippen molar-refractivity contribution in [2.75, 3.05) is 6.54 Å². The van der Waals surface area contributed by atoms with E-state index >= 15 is 33.6 Å². The van der Waals surface area contributed by atoms with Crippen LogP contribution in [0.15, 0.2) is 146 Å². The number of nitrogens with one attached hydrogen (secondary N) is 13. The lowest BCUT2D eigenvalue weighted by Crippen LogP contribution is -2.72. The summed E-state index contributed by atoms with van der Waals surface area (Å²) in [5.74, 6) is -17.5. The van der Waals surface area contributed by atoms with Crippen molar-refractivity contribution in [1.29, 1.82) is 5.41 Å². The molecule has 2 aromatic heterocycles. The molecule has 11 atom stereocenters. The van der Waals surface area contributed by atoms with Crippen LogP contribution in [0, 0.1) is 8.98 Å². The normalized spacial score (nSPS) is 21.7. The van der Waals surface area contributed by atoms with Crippen LogP contribution in [0.25, 0.3) is 10.9 Å². The third-order valence-corrected chi connectivity index (χ3v) is 18.7. The molecule has 576 valence electrons. The first kappa shape index (κ1) is 82.2. The Hall–Kier alpha value is -12.5. The Morgan fingerprint density at radius 1 is 0.615 bits per heavy atom. The van der Waals surface area contributed by atoms with Gasteiger partial charge in [0.2, 0.25) is 76.5 Å². The molecule has 109 heavy (non-hydrogen) atoms. The molecule has 1 fully saturated rings. The number of phenols is 2. The standard InChI is InChI=1S/C73H86IN19O16/c1-38-62(99)86-53(28-39-9-4-3-5-10-39)70(107)92-73(2,71(108)109)93(58(61(77)98)30-42-18-24-47(95)25-19-42)60(97)34-57(87-63(100)49(75)27-40-16-22-46(94)23-17-40)69(106)90-55(32-45-36-80-37-83-45)68(105)88-52(29-41-14-20-44(74)21-15-41)66(103)85-51(13-8-26-81-72(78)79)64(101)89-54(31-43-35-82-50-12-7-6-11-48(43)50)67(104)91-56(33-59(76)96)65(102)84-38/h3-7,9-12,14-25,35-38,49,51-58,82,94-95H,8,13,26-34,75H2,1-2H3,(H2,76,96)(H2,77,98)(H,80,83)(H,84,102)(H,85,103)(H,86,99)(H,87,100)(H,88,105)(H,89,101)(H,90,106)(H,91,104)(H,92,107)(H,108,109)(H4,78,79,81)/t38-,49-,51-,52+,53-,54-,55-,56-,57-,58-,73?/m0/s1. The molecule has 24 N–H and O–H groups in total. The van der Waals surface area contributed by atoms with E-state index in [4.69, 9.17) is 28.3 Å². The number of aromatic nitrogens is 3. The van der Waals surface area contributed by atoms with Crippen LogP contribution in [-0.4, -0.2) is 191 Å². The summed E-state index contributed by atoms with van der Waals surface area (Å²) >= 11 is 2.05. The number of carboxylic acid groups (broad SMARTS) is 1. The number of benzene rings is 5. The van der Waals surface area contributed by atoms with Gasteiger partial charge in [-0.3, -0.25) is 67.8 Å². The molecule has 35 nitrogen and oxygen atoms in total. The van der Waals surface area contributed by atoms with Crippen LogP contribution in [0.2, 0.25) is 0 Å². The van der Waals surface area contributed by atoms with Gasteiger partial charge in [0.25, 0.3) is 0 Å². The first-order valence-corrected chi connectivity index (χ1v) is 35.5. The minimum Gasteiger partial charge on any atom is -0.508 e. The number of halogens is 1. The predicted molar refractivity (Wildman–Crippen MR) is 402 cm³/mol. The van der Waals surface area contributed by atoms with Crippen molar-refractivity contribution in [2.24, 2.45) is 22.9 Å². The maximum absolute atomic E-state index is 15.9. The van der Waals surface area contributed by atoms with E-state index in [-0.39, 0.29) is 61.4 Å². The van der Waals surface area contributed by atoms with Crippen molar-refractivity contribution in [2.45, 2.75) is 144 Å². The number of hydrogen-bond donors (Lipinski definition) is 20. The average Bonchev–Trinajstić information content (AvgIpc) is 1.20. The van der Waals surface area contributed by atoms with E-state index < -0.39 is 181 Å². The van der Waals surface area contributed by atoms with Gasteiger partial charge in [-0.1, -0.05) is 84.9 Å². The molecule has 1 saturated heterocycles. The number of hydrogen-bond acceptors (Lipinski definition) is 18. The van der Waals surface area contributed by atoms with Crippen LogP contribution in [0.3, 0.4) is 0 Å². The number of imidazole rings is 1. The molecule has 0 spiro atoms. The fourth-order valence-electron chi connectivity index (χ4n) is 12.1. The van der Waals surface area contributed by atoms with Crippen molar-refractivity contribution in [3.63, 3.8) is 0 Å². The summed E-state index contributed by atoms with van der Waals surface area (Å²) < 4.78 is 0.769. The first-order valence-electron chi connectivity index (χ1n) is 34.4. The molecule has 1 aliphatic heterocycles. The smallest absolute Gasteiger partial charge is 0.350 e. The van der Waals surface area contributed by atoms with Gasteiger partial charge in [-0.2, -0.15) is 0 Å². The number of H-pyrrole nitrogens is 2. The SMILES string of the molecule is C[C@@H]1NC(=O)[C@H](CC(N)=O)NC(=O)[C@H](Cc2c[nH]c3ccccc23)NC(=O)[C@H](CCCNC(=N)N)NC(=O)[C@@H](Cc2ccc(I)cc2)NC(=O)[C@H](Cc2cnc[nH]2)NC(=O)[C@@H](NC(=O)[C@@H](N)Cc2ccc(O)cc2)CC(=O)N([C@@H](Cc2ccc(O)cc2)C(N)=O)C(C)(C(=O)O)NC(=O)[C@H](Cc2ccccc2)NC1=O. The Balaban J connectivity index is 1.30. The van der Waals surface area contributed by atoms with Crippen molar-refractivity contribution in [3.8, 4) is 11.5 Å². The minimum atomic E-state index is -3.20. The molecule has 0 aliphatic carbocycles. The number of aromatic amines is 2. The van der Waals surface area contributed by atoms with Crippen LogP contribution >= 0.6 is 22.6 Å². The predicted octanol–water partition coefficient (Wildman–Crippen LogP) is -1.97. The molecular formula is C73H86IN19O16. The molecule has 12 amide bonds. The molecule has 0 radical (unpaired) electrons. The number of carbonyl (C=O) groups is 13. The van der Waals surface area contributed by atoms with Gasteiger partial charge in [0.15, 0.2) is 5.96 Å². The number of phenolic OH excluding ortho intramolecular Hbond substituents is 2. The first-order chi connectivity index (χ1) is 51.8. The number of para-hydroxylation sites is 1. The summed E-state index contributed by atoms with van der Waals surface area (Å²) in [6, 6.07) is 13.7. The Morgan fingerprint density at radius 3 is 1.72 bits per heavy atom. The fraction of sp³-hybridized carbons (Fsp3) is 0.329. The number of aromatic hydroxyl groups is 2. The number of primary amides is 2. The lowest BCUT2D eigenvalue weighted by Gasteiger charge is -2.43. The highest BCUT2D eigenvalue weighted by Crippen LogP contribution is 2.26. The second-order valence-electron chi connectivity index (χ2n) is 26.3. The van der Waals surface area contributed by atoms with Gasteiger partial charge in [-0.15, -0.1) is 0 Å². The number of rotatable bonds is 23. The van der Waals surface area contributed by atoms with Gasteiger partial charge in [-0.25, -0.2) is 9.78 Å². The summed E-state index contributed by atoms with van der Waals surface area (Å²) in [5, 5.41) is 65.6. The van der Waals surface area contributed by atoms with Crippen molar-refractivity contribution >= 4 is 116 Å². The number of guanidine groups is 1. The number of amides is 12. The zero-order valence-electron chi connectivity index (χ0n) is 59.1. The van der Waals surface area contributed by atoms with E-state index in [0.29, 0.717) is 38.1 Å². The van der Waals surface area contributed by atoms with E-state index in [1.165, 1.54) is 73.2 Å². The summed E-state index contributed by atoms with van der Waals surface area (Å²) in [7, 11) is 0. The Morgan fingerprint density at radius 2 is 1.13 bits per heavy atom. The number of nitrogens with two attached hydrogens (primary N) is 4. The highest BCUT2D eigenvalue weighted by molar-refractivity contribution is 14.1. The van der Waals surface area contributed by atoms with Gasteiger partial charge >= 0.3 is 5.97 Å². The number of carbonyl (C=O) groups excluding carboxylic acids is 12. The molecule has 1 unspecified atom stereocenters. The molecule has 5 aromatic carbocycles. The Bertz CT molecular complexity index is 4450. The summed E-state index contributed by atoms with van der Waals surface area (Å²) in [5.41, 5.74) is 23.3. The second-order valence-corrected chi connectivity index (χ2v) is 27.5. The summed E-state index contributed by atoms with van der Waals surface area (Å²) in [4.78, 5) is 203. The number of fused-ring (bicyclic) bond motifs is 1. The zero-order valence-corrected chi connectivity index (χ0v) is 61.3. The van der Waals surface area contributed by atoms with E-state index in [1.54, 1.807) is 72.9 Å². The Kier molecular flexibility index (Phi) is 28.8. The molecule has 8 rings (SSSR count). The van der Waals surface area contributed by atoms with Gasteiger partial charge < -0.3 is 101 Å². The van der Waals surface area contributed by atoms with Crippen molar-refractivity contribution < 1.29 is 77.6 Å². The van der Waals surface area contributed by atoms with Gasteiger partial charge in [0.05, 0.1) is 25.2 Å². The lowest BCUT2D eigenvalue weighted by molar-refractivity contribution is -0.168. The van der Waals surface area contributed by atoms with E-state index in [2.05, 4.69) is 90.7 Å². The third-order valence-electron chi connectivity index (χ3n) is 17.9. The Labute approximate surface area is 637 Å². The number of carboxylic acids is 1. The van der Waals surface area contributed by atoms with Crippen LogP contribution in [0.4, 0.5) is 0 Å². The average molecular weight is 1610 g/mol. The highest BCUT2D eigenvalue weighted by atomic mass is 127. The maximum atomic E-state index is 15.9. The fourth-order valence-corrected chi connectivity index (χ4v) is 12.5. The molecule has 36 heteroatoms. The molecule has 3 heterocycles. The van der Waals surface area contributed by atoms with Crippen LogP contribution in [-0.2, 0) is 101 Å². The molecule has 1 aliphatic rings. The summed E-state index contributed by atoms with van der Waals surface area (Å²) in [6.07, 6.45) is -0.976. The third kappa shape index (κ3) is 23.5. The van der Waals surface area contributed by atoms with Crippen LogP contribution in [0.5, 0.6) is 11.5 Å². The number of nitrogens with zero attached hydrogens (tertiary/aromatic N) is 2. The van der Waals surface area contributed by atoms with E-state index in [9.17, 15) is 44.1 Å². The molecular weight excluding hydrogens is 1530 g/mol. The van der Waals surface area contributed by atoms with Crippen LogP contribution < -0.4 is 76.1 Å². The van der Waals surface area contributed by atoms with Crippen LogP contribution in [0.1, 0.15) is 73.0 Å². The second kappa shape index (κ2) is 38.2. The van der Waals surface area contributed by atoms with E-state index in [0.717, 1.165) is 17.4 Å². The van der Waals surface area contributed by atoms with Crippen molar-refractivity contribution in [1.82, 2.24) is 73.0 Å². The van der Waals surface area contributed by atoms with Gasteiger partial charge in [-0.05, 0) is 126 Å². The van der Waals surface area contributed by atoms with E-state index in [1.807, 2.05) is 0 Å². The lowest BCUT2D eigenvalue weighted by atomic mass is 9.97. The number of aliphatic carboxylic acids is 1. The zero-order chi connectivity index (χ0) is 79.2. The maximum Gasteiger partial charge on any atom is 0.350 e. The van der Waals surface area contributed by atoms with Gasteiger partial charge in [0.1, 0.15) is 65.9 Å². The quantitative estimate of drug-likeness (QED) is 0.0143. The topological polar surface area (TPSA) is 579 Å². The highest BCUT2D eigenvalue weighted by Gasteiger charge is 2.51.